The van der Waals surface area contributed by atoms with Gasteiger partial charge in [-0.05, 0) is 87.6 Å². The molecule has 3 fully saturated rings. The van der Waals surface area contributed by atoms with Gasteiger partial charge in [0.1, 0.15) is 23.2 Å². The van der Waals surface area contributed by atoms with Crippen LogP contribution in [0.4, 0.5) is 10.1 Å². The van der Waals surface area contributed by atoms with Gasteiger partial charge in [-0.15, -0.1) is 0 Å². The number of aldehydes is 1. The topological polar surface area (TPSA) is 138 Å². The lowest BCUT2D eigenvalue weighted by Crippen LogP contribution is -2.57. The summed E-state index contributed by atoms with van der Waals surface area (Å²) in [7, 11) is 3.48. The maximum atomic E-state index is 15.9. The molecule has 5 rings (SSSR count). The van der Waals surface area contributed by atoms with Gasteiger partial charge >= 0.3 is 0 Å². The summed E-state index contributed by atoms with van der Waals surface area (Å²) in [6.45, 7) is 8.83. The zero-order chi connectivity index (χ0) is 35.3. The monoisotopic (exact) mass is 681 g/mol. The quantitative estimate of drug-likeness (QED) is 0.217. The van der Waals surface area contributed by atoms with Crippen molar-refractivity contribution in [3.63, 3.8) is 0 Å². The van der Waals surface area contributed by atoms with E-state index >= 15 is 4.39 Å². The lowest BCUT2D eigenvalue weighted by atomic mass is 9.88. The number of rotatable bonds is 17. The summed E-state index contributed by atoms with van der Waals surface area (Å²) in [4.78, 5) is 57.1. The van der Waals surface area contributed by atoms with Gasteiger partial charge in [-0.3, -0.25) is 19.1 Å². The first-order chi connectivity index (χ1) is 23.5. The Hall–Kier alpha value is -3.68. The smallest absolute Gasteiger partial charge is 0.270 e. The summed E-state index contributed by atoms with van der Waals surface area (Å²) in [5.41, 5.74) is -0.156. The fourth-order valence-corrected chi connectivity index (χ4v) is 7.04. The van der Waals surface area contributed by atoms with Crippen molar-refractivity contribution < 1.29 is 28.3 Å². The molecule has 0 radical (unpaired) electrons. The van der Waals surface area contributed by atoms with E-state index in [4.69, 9.17) is 4.74 Å². The van der Waals surface area contributed by atoms with Crippen LogP contribution in [0.3, 0.4) is 0 Å². The molecule has 1 unspecified atom stereocenters. The van der Waals surface area contributed by atoms with Crippen LogP contribution in [0.1, 0.15) is 74.8 Å². The van der Waals surface area contributed by atoms with Crippen LogP contribution in [0.2, 0.25) is 0 Å². The Morgan fingerprint density at radius 3 is 2.29 bits per heavy atom. The molecule has 2 saturated carbocycles. The van der Waals surface area contributed by atoms with E-state index in [0.29, 0.717) is 49.1 Å². The van der Waals surface area contributed by atoms with Crippen LogP contribution in [-0.4, -0.2) is 108 Å². The summed E-state index contributed by atoms with van der Waals surface area (Å²) in [5.74, 6) is -1.40. The van der Waals surface area contributed by atoms with Crippen LogP contribution in [0, 0.1) is 23.6 Å². The van der Waals surface area contributed by atoms with Crippen molar-refractivity contribution in [2.75, 3.05) is 52.2 Å². The SMILES string of the molecule is CCn1nccc1C(=O)N[C@H](C(=O)Nc1ccc([C@H](C)[C@@H](NCC(C=O)(CC)OC)C(=O)N2CCN(C)CC2)cc1F)C(C1CC1)C1CC1. The van der Waals surface area contributed by atoms with Crippen LogP contribution >= 0.6 is 0 Å². The third-order valence-corrected chi connectivity index (χ3v) is 10.7. The predicted octanol–water partition coefficient (Wildman–Crippen LogP) is 3.05. The normalized spacial score (nSPS) is 19.9. The average Bonchev–Trinajstić information content (AvgIpc) is 4.06. The van der Waals surface area contributed by atoms with Crippen molar-refractivity contribution in [2.45, 2.75) is 83.0 Å². The molecule has 49 heavy (non-hydrogen) atoms. The molecule has 13 heteroatoms. The number of anilines is 1. The minimum Gasteiger partial charge on any atom is -0.369 e. The largest absolute Gasteiger partial charge is 0.369 e. The van der Waals surface area contributed by atoms with Crippen LogP contribution < -0.4 is 16.0 Å². The van der Waals surface area contributed by atoms with E-state index in [1.165, 1.54) is 19.2 Å². The minimum absolute atomic E-state index is 0.00406. The molecule has 0 spiro atoms. The molecule has 2 heterocycles. The zero-order valence-electron chi connectivity index (χ0n) is 29.4. The van der Waals surface area contributed by atoms with Crippen molar-refractivity contribution >= 4 is 29.7 Å². The average molecular weight is 682 g/mol. The van der Waals surface area contributed by atoms with Gasteiger partial charge in [-0.2, -0.15) is 5.10 Å². The second-order valence-electron chi connectivity index (χ2n) is 14.0. The highest BCUT2D eigenvalue weighted by Gasteiger charge is 2.48. The molecule has 3 aliphatic rings. The molecular formula is C36H52FN7O5. The number of methoxy groups -OCH3 is 1. The standard InChI is InChI=1S/C36H52FN7O5/c1-6-36(22-45,49-5)21-38-31(35(48)43-18-16-42(4)17-19-43)23(3)26-12-13-28(27(37)20-26)40-34(47)32(30(24-8-9-24)25-10-11-25)41-33(46)29-14-15-39-44(29)7-2/h12-15,20,22-25,30-32,38H,6-11,16-19,21H2,1-5H3,(H,40,47)(H,41,46)/t23-,31+,32-,36?/m0/s1. The Balaban J connectivity index is 1.35. The Morgan fingerprint density at radius 2 is 1.73 bits per heavy atom. The number of aryl methyl sites for hydroxylation is 1. The van der Waals surface area contributed by atoms with Gasteiger partial charge in [0.25, 0.3) is 5.91 Å². The first kappa shape index (κ1) is 36.6. The molecule has 268 valence electrons. The van der Waals surface area contributed by atoms with Crippen LogP contribution in [0.5, 0.6) is 0 Å². The van der Waals surface area contributed by atoms with E-state index < -0.39 is 35.3 Å². The van der Waals surface area contributed by atoms with E-state index in [1.54, 1.807) is 27.9 Å². The van der Waals surface area contributed by atoms with Gasteiger partial charge in [-0.1, -0.05) is 19.9 Å². The van der Waals surface area contributed by atoms with Crippen molar-refractivity contribution in [3.8, 4) is 0 Å². The van der Waals surface area contributed by atoms with E-state index in [0.717, 1.165) is 45.1 Å². The molecule has 12 nitrogen and oxygen atoms in total. The molecule has 1 aromatic carbocycles. The Morgan fingerprint density at radius 1 is 1.06 bits per heavy atom. The highest BCUT2D eigenvalue weighted by atomic mass is 19.1. The molecule has 3 N–H and O–H groups in total. The van der Waals surface area contributed by atoms with Gasteiger partial charge in [-0.25, -0.2) is 4.39 Å². The number of nitrogens with zero attached hydrogens (tertiary/aromatic N) is 4. The van der Waals surface area contributed by atoms with Crippen molar-refractivity contribution in [1.82, 2.24) is 30.2 Å². The number of piperazine rings is 1. The first-order valence-corrected chi connectivity index (χ1v) is 17.7. The fourth-order valence-electron chi connectivity index (χ4n) is 7.04. The number of amides is 3. The lowest BCUT2D eigenvalue weighted by molar-refractivity contribution is -0.137. The van der Waals surface area contributed by atoms with Gasteiger partial charge in [0.15, 0.2) is 6.29 Å². The molecule has 2 aromatic rings. The molecule has 4 atom stereocenters. The number of likely N-dealkylation sites (N-methyl/N-ethyl adjacent to an activating group) is 1. The number of benzene rings is 1. The van der Waals surface area contributed by atoms with E-state index in [-0.39, 0.29) is 30.0 Å². The second-order valence-corrected chi connectivity index (χ2v) is 14.0. The summed E-state index contributed by atoms with van der Waals surface area (Å²) in [5, 5.41) is 13.2. The highest BCUT2D eigenvalue weighted by Crippen LogP contribution is 2.51. The maximum Gasteiger partial charge on any atom is 0.270 e. The molecular weight excluding hydrogens is 629 g/mol. The Kier molecular flexibility index (Phi) is 11.9. The van der Waals surface area contributed by atoms with Gasteiger partial charge < -0.3 is 35.3 Å². The summed E-state index contributed by atoms with van der Waals surface area (Å²) in [6.07, 6.45) is 6.76. The number of nitrogens with one attached hydrogen (secondary N) is 3. The van der Waals surface area contributed by atoms with Crippen molar-refractivity contribution in [2.24, 2.45) is 17.8 Å². The summed E-state index contributed by atoms with van der Waals surface area (Å²) < 4.78 is 23.0. The number of carbonyl (C=O) groups excluding carboxylic acids is 4. The molecule has 1 aromatic heterocycles. The van der Waals surface area contributed by atoms with Gasteiger partial charge in [0, 0.05) is 58.5 Å². The third-order valence-electron chi connectivity index (χ3n) is 10.7. The molecule has 1 aliphatic heterocycles. The number of ether oxygens (including phenoxy) is 1. The Labute approximate surface area is 288 Å². The number of hydrogen-bond donors (Lipinski definition) is 3. The molecule has 3 amide bonds. The van der Waals surface area contributed by atoms with Gasteiger partial charge in [0.05, 0.1) is 11.7 Å². The highest BCUT2D eigenvalue weighted by molar-refractivity contribution is 6.01. The van der Waals surface area contributed by atoms with Gasteiger partial charge in [0.2, 0.25) is 11.8 Å². The van der Waals surface area contributed by atoms with Crippen molar-refractivity contribution in [3.05, 3.63) is 47.5 Å². The van der Waals surface area contributed by atoms with E-state index in [9.17, 15) is 19.2 Å². The number of halogens is 1. The number of hydrogen-bond acceptors (Lipinski definition) is 8. The van der Waals surface area contributed by atoms with E-state index in [2.05, 4.69) is 25.9 Å². The lowest BCUT2D eigenvalue weighted by Gasteiger charge is -2.37. The number of carbonyl (C=O) groups is 4. The second kappa shape index (κ2) is 15.9. The molecule has 0 bridgehead atoms. The summed E-state index contributed by atoms with van der Waals surface area (Å²) >= 11 is 0. The maximum absolute atomic E-state index is 15.9. The molecule has 1 saturated heterocycles. The minimum atomic E-state index is -1.10. The predicted molar refractivity (Wildman–Crippen MR) is 184 cm³/mol. The first-order valence-electron chi connectivity index (χ1n) is 17.7. The van der Waals surface area contributed by atoms with Crippen LogP contribution in [0.25, 0.3) is 0 Å². The number of aromatic nitrogens is 2. The fraction of sp³-hybridized carbons (Fsp3) is 0.639. The zero-order valence-corrected chi connectivity index (χ0v) is 29.4. The van der Waals surface area contributed by atoms with Crippen molar-refractivity contribution in [1.29, 1.82) is 0 Å². The van der Waals surface area contributed by atoms with Crippen LogP contribution in [0.15, 0.2) is 30.5 Å². The summed E-state index contributed by atoms with van der Waals surface area (Å²) in [6, 6.07) is 4.63. The molecule has 2 aliphatic carbocycles. The van der Waals surface area contributed by atoms with Crippen LogP contribution in [-0.2, 0) is 25.7 Å². The third kappa shape index (κ3) is 8.56. The Bertz CT molecular complexity index is 1470. The van der Waals surface area contributed by atoms with E-state index in [1.807, 2.05) is 27.8 Å².